The minimum atomic E-state index is 0.132. The van der Waals surface area contributed by atoms with E-state index in [1.807, 2.05) is 29.2 Å². The normalized spacial score (nSPS) is 15.0. The van der Waals surface area contributed by atoms with E-state index in [9.17, 15) is 4.79 Å². The van der Waals surface area contributed by atoms with Gasteiger partial charge in [0.15, 0.2) is 11.5 Å². The molecule has 146 valence electrons. The highest BCUT2D eigenvalue weighted by Gasteiger charge is 2.22. The van der Waals surface area contributed by atoms with Crippen molar-refractivity contribution in [1.29, 1.82) is 0 Å². The van der Waals surface area contributed by atoms with Crippen LogP contribution in [0.4, 0.5) is 0 Å². The molecule has 2 heterocycles. The lowest BCUT2D eigenvalue weighted by molar-refractivity contribution is 0.0747. The lowest BCUT2D eigenvalue weighted by Crippen LogP contribution is -2.33. The zero-order chi connectivity index (χ0) is 19.2. The molecule has 1 amide bonds. The third-order valence-corrected chi connectivity index (χ3v) is 6.04. The lowest BCUT2D eigenvalue weighted by atomic mass is 10.1. The Morgan fingerprint density at radius 1 is 0.852 bits per heavy atom. The molecule has 3 rings (SSSR count). The first kappa shape index (κ1) is 19.5. The summed E-state index contributed by atoms with van der Waals surface area (Å²) in [5.74, 6) is 1.92. The van der Waals surface area contributed by atoms with E-state index < -0.39 is 0 Å². The summed E-state index contributed by atoms with van der Waals surface area (Å²) in [7, 11) is 4.80. The van der Waals surface area contributed by atoms with Crippen LogP contribution in [0.3, 0.4) is 0 Å². The maximum atomic E-state index is 12.9. The Hall–Kier alpha value is -2.21. The summed E-state index contributed by atoms with van der Waals surface area (Å²) >= 11 is 1.49. The third-order valence-electron chi connectivity index (χ3n) is 4.93. The highest BCUT2D eigenvalue weighted by molar-refractivity contribution is 7.17. The van der Waals surface area contributed by atoms with Crippen molar-refractivity contribution in [2.24, 2.45) is 0 Å². The molecular weight excluding hydrogens is 362 g/mol. The van der Waals surface area contributed by atoms with Crippen LogP contribution in [0.2, 0.25) is 0 Å². The zero-order valence-electron chi connectivity index (χ0n) is 16.2. The van der Waals surface area contributed by atoms with Crippen molar-refractivity contribution >= 4 is 17.2 Å². The molecule has 0 N–H and O–H groups in total. The van der Waals surface area contributed by atoms with Gasteiger partial charge in [-0.3, -0.25) is 4.79 Å². The van der Waals surface area contributed by atoms with E-state index in [1.54, 1.807) is 21.3 Å². The van der Waals surface area contributed by atoms with Crippen LogP contribution in [0.25, 0.3) is 10.4 Å². The third kappa shape index (κ3) is 4.21. The van der Waals surface area contributed by atoms with Gasteiger partial charge in [-0.25, -0.2) is 0 Å². The van der Waals surface area contributed by atoms with Gasteiger partial charge in [-0.15, -0.1) is 11.3 Å². The molecule has 5 nitrogen and oxygen atoms in total. The minimum absolute atomic E-state index is 0.132. The molecule has 1 aliphatic heterocycles. The lowest BCUT2D eigenvalue weighted by Gasteiger charge is -2.24. The number of nitrogens with zero attached hydrogens (tertiary/aromatic N) is 1. The van der Waals surface area contributed by atoms with Crippen LogP contribution in [0.15, 0.2) is 24.3 Å². The summed E-state index contributed by atoms with van der Waals surface area (Å²) in [6.07, 6.45) is 5.88. The molecule has 1 saturated heterocycles. The van der Waals surface area contributed by atoms with Gasteiger partial charge in [0.2, 0.25) is 5.75 Å². The Morgan fingerprint density at radius 3 is 2.15 bits per heavy atom. The Labute approximate surface area is 164 Å². The van der Waals surface area contributed by atoms with Gasteiger partial charge < -0.3 is 19.1 Å². The quantitative estimate of drug-likeness (QED) is 0.734. The molecule has 0 aliphatic carbocycles. The molecule has 27 heavy (non-hydrogen) atoms. The number of likely N-dealkylation sites (tertiary alicyclic amines) is 1. The van der Waals surface area contributed by atoms with Crippen LogP contribution in [0, 0.1) is 0 Å². The van der Waals surface area contributed by atoms with Gasteiger partial charge in [0, 0.05) is 23.5 Å². The number of thiophene rings is 1. The van der Waals surface area contributed by atoms with Crippen molar-refractivity contribution in [2.45, 2.75) is 32.1 Å². The second-order valence-corrected chi connectivity index (χ2v) is 7.69. The van der Waals surface area contributed by atoms with E-state index in [-0.39, 0.29) is 5.91 Å². The first-order valence-electron chi connectivity index (χ1n) is 9.38. The molecule has 0 unspecified atom stereocenters. The van der Waals surface area contributed by atoms with Gasteiger partial charge in [-0.05, 0) is 37.1 Å². The van der Waals surface area contributed by atoms with Crippen molar-refractivity contribution in [3.8, 4) is 27.7 Å². The maximum Gasteiger partial charge on any atom is 0.263 e. The van der Waals surface area contributed by atoms with E-state index in [0.717, 1.165) is 41.2 Å². The molecule has 2 aromatic rings. The molecule has 0 saturated carbocycles. The summed E-state index contributed by atoms with van der Waals surface area (Å²) in [6, 6.07) is 7.69. The number of carbonyl (C=O) groups excluding carboxylic acids is 1. The molecule has 0 spiro atoms. The first-order chi connectivity index (χ1) is 13.2. The number of rotatable bonds is 5. The summed E-state index contributed by atoms with van der Waals surface area (Å²) in [6.45, 7) is 1.71. The Bertz CT molecular complexity index is 778. The first-order valence-corrected chi connectivity index (χ1v) is 10.2. The van der Waals surface area contributed by atoms with Gasteiger partial charge in [0.25, 0.3) is 5.91 Å². The van der Waals surface area contributed by atoms with E-state index >= 15 is 0 Å². The Kier molecular flexibility index (Phi) is 6.61. The van der Waals surface area contributed by atoms with Crippen LogP contribution < -0.4 is 14.2 Å². The summed E-state index contributed by atoms with van der Waals surface area (Å²) in [5, 5.41) is 0. The van der Waals surface area contributed by atoms with Gasteiger partial charge in [-0.1, -0.05) is 19.3 Å². The molecule has 1 aromatic heterocycles. The molecule has 1 fully saturated rings. The molecule has 1 aromatic carbocycles. The fourth-order valence-corrected chi connectivity index (χ4v) is 4.50. The van der Waals surface area contributed by atoms with Gasteiger partial charge in [0.1, 0.15) is 0 Å². The van der Waals surface area contributed by atoms with E-state index in [4.69, 9.17) is 14.2 Å². The number of hydrogen-bond donors (Lipinski definition) is 0. The molecule has 0 atom stereocenters. The molecule has 6 heteroatoms. The van der Waals surface area contributed by atoms with Gasteiger partial charge >= 0.3 is 0 Å². The number of methoxy groups -OCH3 is 3. The van der Waals surface area contributed by atoms with Crippen LogP contribution >= 0.6 is 11.3 Å². The van der Waals surface area contributed by atoms with Crippen LogP contribution in [-0.2, 0) is 0 Å². The number of ether oxygens (including phenoxy) is 3. The van der Waals surface area contributed by atoms with Gasteiger partial charge in [-0.2, -0.15) is 0 Å². The predicted octanol–water partition coefficient (Wildman–Crippen LogP) is 4.85. The summed E-state index contributed by atoms with van der Waals surface area (Å²) < 4.78 is 16.4. The van der Waals surface area contributed by atoms with E-state index in [1.165, 1.54) is 30.6 Å². The van der Waals surface area contributed by atoms with Crippen molar-refractivity contribution < 1.29 is 19.0 Å². The number of hydrogen-bond acceptors (Lipinski definition) is 5. The molecule has 1 aliphatic rings. The van der Waals surface area contributed by atoms with Crippen molar-refractivity contribution in [3.05, 3.63) is 29.1 Å². The molecule has 0 radical (unpaired) electrons. The standard InChI is InChI=1S/C21H27NO4S/c1-24-16-10-9-15(19(25-2)20(16)26-3)17-11-12-18(27-17)21(23)22-13-7-5-4-6-8-14-22/h9-12H,4-8,13-14H2,1-3H3. The second-order valence-electron chi connectivity index (χ2n) is 6.61. The number of carbonyl (C=O) groups is 1. The second kappa shape index (κ2) is 9.13. The van der Waals surface area contributed by atoms with Crippen LogP contribution in [0.5, 0.6) is 17.2 Å². The Balaban J connectivity index is 1.88. The van der Waals surface area contributed by atoms with Gasteiger partial charge in [0.05, 0.1) is 26.2 Å². The Morgan fingerprint density at radius 2 is 1.52 bits per heavy atom. The summed E-state index contributed by atoms with van der Waals surface area (Å²) in [5.41, 5.74) is 0.895. The molecular formula is C21H27NO4S. The van der Waals surface area contributed by atoms with E-state index in [2.05, 4.69) is 0 Å². The van der Waals surface area contributed by atoms with Crippen molar-refractivity contribution in [3.63, 3.8) is 0 Å². The van der Waals surface area contributed by atoms with Crippen molar-refractivity contribution in [2.75, 3.05) is 34.4 Å². The minimum Gasteiger partial charge on any atom is -0.493 e. The highest BCUT2D eigenvalue weighted by Crippen LogP contribution is 2.45. The monoisotopic (exact) mass is 389 g/mol. The fraction of sp³-hybridized carbons (Fsp3) is 0.476. The number of amides is 1. The smallest absolute Gasteiger partial charge is 0.263 e. The summed E-state index contributed by atoms with van der Waals surface area (Å²) in [4.78, 5) is 16.7. The highest BCUT2D eigenvalue weighted by atomic mass is 32.1. The maximum absolute atomic E-state index is 12.9. The SMILES string of the molecule is COc1ccc(-c2ccc(C(=O)N3CCCCCCC3)s2)c(OC)c1OC. The largest absolute Gasteiger partial charge is 0.493 e. The average Bonchev–Trinajstić information content (AvgIpc) is 3.15. The predicted molar refractivity (Wildman–Crippen MR) is 108 cm³/mol. The van der Waals surface area contributed by atoms with Crippen LogP contribution in [0.1, 0.15) is 41.8 Å². The van der Waals surface area contributed by atoms with Crippen LogP contribution in [-0.4, -0.2) is 45.2 Å². The van der Waals surface area contributed by atoms with E-state index in [0.29, 0.717) is 17.2 Å². The van der Waals surface area contributed by atoms with Crippen molar-refractivity contribution in [1.82, 2.24) is 4.90 Å². The average molecular weight is 390 g/mol. The number of benzene rings is 1. The molecule has 0 bridgehead atoms. The topological polar surface area (TPSA) is 48.0 Å². The fourth-order valence-electron chi connectivity index (χ4n) is 3.50. The zero-order valence-corrected chi connectivity index (χ0v) is 17.1.